The molecule has 2 aromatic rings. The SMILES string of the molecule is Cc1nn(C)c(C)c1CC(=O)N1CCN(S(=O)(=O)c2ccc(Cl)c(C(F)(F)F)c2)CC1. The summed E-state index contributed by atoms with van der Waals surface area (Å²) in [6.45, 7) is 3.97. The van der Waals surface area contributed by atoms with Crippen molar-refractivity contribution >= 4 is 27.5 Å². The largest absolute Gasteiger partial charge is 0.417 e. The molecule has 0 spiro atoms. The quantitative estimate of drug-likeness (QED) is 0.677. The maximum absolute atomic E-state index is 13.1. The highest BCUT2D eigenvalue weighted by Gasteiger charge is 2.36. The van der Waals surface area contributed by atoms with Gasteiger partial charge in [-0.1, -0.05) is 11.6 Å². The van der Waals surface area contributed by atoms with Crippen molar-refractivity contribution in [3.63, 3.8) is 0 Å². The van der Waals surface area contributed by atoms with E-state index in [1.54, 1.807) is 16.6 Å². The Balaban J connectivity index is 1.71. The van der Waals surface area contributed by atoms with Crippen LogP contribution in [0.15, 0.2) is 23.1 Å². The summed E-state index contributed by atoms with van der Waals surface area (Å²) in [6, 6.07) is 2.52. The number of carbonyl (C=O) groups is 1. The highest BCUT2D eigenvalue weighted by molar-refractivity contribution is 7.89. The topological polar surface area (TPSA) is 75.5 Å². The first kappa shape index (κ1) is 23.6. The number of halogens is 4. The Morgan fingerprint density at radius 3 is 2.29 bits per heavy atom. The fraction of sp³-hybridized carbons (Fsp3) is 0.474. The van der Waals surface area contributed by atoms with Crippen LogP contribution in [0.1, 0.15) is 22.5 Å². The fourth-order valence-corrected chi connectivity index (χ4v) is 5.22. The molecule has 7 nitrogen and oxygen atoms in total. The third kappa shape index (κ3) is 4.73. The minimum Gasteiger partial charge on any atom is -0.340 e. The molecule has 0 aliphatic carbocycles. The van der Waals surface area contributed by atoms with Gasteiger partial charge in [0.1, 0.15) is 0 Å². The number of piperazine rings is 1. The number of hydrogen-bond donors (Lipinski definition) is 0. The number of aromatic nitrogens is 2. The first-order chi connectivity index (χ1) is 14.3. The van der Waals surface area contributed by atoms with Gasteiger partial charge in [0.25, 0.3) is 0 Å². The molecule has 0 unspecified atom stereocenters. The van der Waals surface area contributed by atoms with E-state index in [0.717, 1.165) is 33.4 Å². The summed E-state index contributed by atoms with van der Waals surface area (Å²) in [5.41, 5.74) is 1.28. The van der Waals surface area contributed by atoms with E-state index in [1.165, 1.54) is 0 Å². The minimum atomic E-state index is -4.77. The van der Waals surface area contributed by atoms with E-state index in [2.05, 4.69) is 5.10 Å². The van der Waals surface area contributed by atoms with Crippen LogP contribution in [0.2, 0.25) is 5.02 Å². The molecule has 3 rings (SSSR count). The van der Waals surface area contributed by atoms with Crippen LogP contribution < -0.4 is 0 Å². The van der Waals surface area contributed by atoms with E-state index in [-0.39, 0.29) is 38.5 Å². The van der Waals surface area contributed by atoms with E-state index in [9.17, 15) is 26.4 Å². The van der Waals surface area contributed by atoms with E-state index in [1.807, 2.05) is 13.8 Å². The zero-order valence-corrected chi connectivity index (χ0v) is 18.8. The highest BCUT2D eigenvalue weighted by atomic mass is 35.5. The molecule has 0 saturated carbocycles. The van der Waals surface area contributed by atoms with Crippen molar-refractivity contribution in [2.24, 2.45) is 7.05 Å². The zero-order valence-electron chi connectivity index (χ0n) is 17.2. The molecule has 1 aliphatic heterocycles. The maximum Gasteiger partial charge on any atom is 0.417 e. The summed E-state index contributed by atoms with van der Waals surface area (Å²) < 4.78 is 67.7. The lowest BCUT2D eigenvalue weighted by Crippen LogP contribution is -2.50. The number of aryl methyl sites for hydroxylation is 2. The first-order valence-corrected chi connectivity index (χ1v) is 11.3. The lowest BCUT2D eigenvalue weighted by Gasteiger charge is -2.34. The van der Waals surface area contributed by atoms with Gasteiger partial charge >= 0.3 is 6.18 Å². The predicted octanol–water partition coefficient (Wildman–Crippen LogP) is 2.78. The molecule has 1 aromatic carbocycles. The molecule has 31 heavy (non-hydrogen) atoms. The van der Waals surface area contributed by atoms with Crippen LogP contribution in [-0.4, -0.2) is 59.5 Å². The van der Waals surface area contributed by atoms with Gasteiger partial charge in [-0.15, -0.1) is 0 Å². The standard InChI is InChI=1S/C19H22ClF3N4O3S/c1-12-15(13(2)25(3)24-12)11-18(28)26-6-8-27(9-7-26)31(29,30)14-4-5-17(20)16(10-14)19(21,22)23/h4-5,10H,6-9,11H2,1-3H3. The Morgan fingerprint density at radius 1 is 1.16 bits per heavy atom. The van der Waals surface area contributed by atoms with E-state index < -0.39 is 31.7 Å². The summed E-state index contributed by atoms with van der Waals surface area (Å²) >= 11 is 5.58. The smallest absolute Gasteiger partial charge is 0.340 e. The second-order valence-corrected chi connectivity index (χ2v) is 9.72. The molecule has 170 valence electrons. The molecular weight excluding hydrogens is 457 g/mol. The molecule has 0 atom stereocenters. The molecule has 1 fully saturated rings. The average Bonchev–Trinajstić information content (AvgIpc) is 2.93. The normalized spacial score (nSPS) is 16.0. The number of sulfonamides is 1. The number of hydrogen-bond acceptors (Lipinski definition) is 4. The Morgan fingerprint density at radius 2 is 1.77 bits per heavy atom. The molecular formula is C19H22ClF3N4O3S. The van der Waals surface area contributed by atoms with Crippen molar-refractivity contribution in [1.29, 1.82) is 0 Å². The van der Waals surface area contributed by atoms with Gasteiger partial charge in [-0.05, 0) is 32.0 Å². The number of carbonyl (C=O) groups excluding carboxylic acids is 1. The molecule has 0 N–H and O–H groups in total. The van der Waals surface area contributed by atoms with E-state index in [0.29, 0.717) is 6.07 Å². The van der Waals surface area contributed by atoms with Crippen LogP contribution >= 0.6 is 11.6 Å². The lowest BCUT2D eigenvalue weighted by molar-refractivity contribution is -0.137. The molecule has 1 amide bonds. The van der Waals surface area contributed by atoms with Crippen molar-refractivity contribution in [3.05, 3.63) is 45.7 Å². The van der Waals surface area contributed by atoms with Gasteiger partial charge in [0, 0.05) is 44.5 Å². The van der Waals surface area contributed by atoms with Gasteiger partial charge in [0.2, 0.25) is 15.9 Å². The number of amides is 1. The number of benzene rings is 1. The van der Waals surface area contributed by atoms with Gasteiger partial charge in [0.05, 0.1) is 27.6 Å². The summed E-state index contributed by atoms with van der Waals surface area (Å²) in [5.74, 6) is -0.151. The molecule has 0 radical (unpaired) electrons. The Labute approximate surface area is 183 Å². The lowest BCUT2D eigenvalue weighted by atomic mass is 10.1. The Bertz CT molecular complexity index is 1110. The van der Waals surface area contributed by atoms with Gasteiger partial charge in [-0.2, -0.15) is 22.6 Å². The second kappa shape index (κ2) is 8.44. The van der Waals surface area contributed by atoms with Crippen LogP contribution in [0, 0.1) is 13.8 Å². The van der Waals surface area contributed by atoms with Crippen molar-refractivity contribution in [2.45, 2.75) is 31.3 Å². The summed E-state index contributed by atoms with van der Waals surface area (Å²) in [7, 11) is -2.36. The van der Waals surface area contributed by atoms with E-state index in [4.69, 9.17) is 11.6 Å². The third-order valence-corrected chi connectivity index (χ3v) is 7.68. The van der Waals surface area contributed by atoms with E-state index >= 15 is 0 Å². The highest BCUT2D eigenvalue weighted by Crippen LogP contribution is 2.36. The van der Waals surface area contributed by atoms with Crippen molar-refractivity contribution in [3.8, 4) is 0 Å². The number of alkyl halides is 3. The fourth-order valence-electron chi connectivity index (χ4n) is 3.55. The monoisotopic (exact) mass is 478 g/mol. The number of rotatable bonds is 4. The third-order valence-electron chi connectivity index (χ3n) is 5.46. The molecule has 12 heteroatoms. The van der Waals surface area contributed by atoms with Crippen LogP contribution in [0.5, 0.6) is 0 Å². The zero-order chi connectivity index (χ0) is 23.1. The molecule has 2 heterocycles. The molecule has 1 aromatic heterocycles. The first-order valence-electron chi connectivity index (χ1n) is 9.46. The Kier molecular flexibility index (Phi) is 6.41. The van der Waals surface area contributed by atoms with Crippen LogP contribution in [-0.2, 0) is 34.5 Å². The summed E-state index contributed by atoms with van der Waals surface area (Å²) in [6.07, 6.45) is -4.61. The maximum atomic E-state index is 13.1. The second-order valence-electron chi connectivity index (χ2n) is 7.37. The van der Waals surface area contributed by atoms with Crippen LogP contribution in [0.3, 0.4) is 0 Å². The Hall–Kier alpha value is -2.11. The molecule has 1 aliphatic rings. The molecule has 1 saturated heterocycles. The predicted molar refractivity (Wildman–Crippen MR) is 108 cm³/mol. The van der Waals surface area contributed by atoms with Crippen molar-refractivity contribution in [2.75, 3.05) is 26.2 Å². The van der Waals surface area contributed by atoms with Crippen molar-refractivity contribution in [1.82, 2.24) is 19.0 Å². The van der Waals surface area contributed by atoms with Gasteiger partial charge in [-0.25, -0.2) is 8.42 Å². The summed E-state index contributed by atoms with van der Waals surface area (Å²) in [5, 5.41) is 3.72. The van der Waals surface area contributed by atoms with Crippen LogP contribution in [0.4, 0.5) is 13.2 Å². The minimum absolute atomic E-state index is 0.0109. The van der Waals surface area contributed by atoms with Gasteiger partial charge < -0.3 is 4.90 Å². The summed E-state index contributed by atoms with van der Waals surface area (Å²) in [4.78, 5) is 13.8. The molecule has 0 bridgehead atoms. The average molecular weight is 479 g/mol. The van der Waals surface area contributed by atoms with Gasteiger partial charge in [-0.3, -0.25) is 9.48 Å². The van der Waals surface area contributed by atoms with Crippen molar-refractivity contribution < 1.29 is 26.4 Å². The number of nitrogens with zero attached hydrogens (tertiary/aromatic N) is 4. The van der Waals surface area contributed by atoms with Gasteiger partial charge in [0.15, 0.2) is 0 Å². The van der Waals surface area contributed by atoms with Crippen LogP contribution in [0.25, 0.3) is 0 Å².